The average molecular weight is 460 g/mol. The van der Waals surface area contributed by atoms with Crippen molar-refractivity contribution in [3.8, 4) is 11.3 Å². The lowest BCUT2D eigenvalue weighted by molar-refractivity contribution is 0.0748. The van der Waals surface area contributed by atoms with Crippen molar-refractivity contribution in [2.75, 3.05) is 31.1 Å². The van der Waals surface area contributed by atoms with Crippen LogP contribution in [0.4, 0.5) is 10.1 Å². The maximum atomic E-state index is 13.7. The molecule has 166 valence electrons. The Labute approximate surface area is 197 Å². The number of amides is 1. The van der Waals surface area contributed by atoms with Crippen LogP contribution in [0.2, 0.25) is 5.02 Å². The quantitative estimate of drug-likeness (QED) is 0.379. The second kappa shape index (κ2) is 8.83. The largest absolute Gasteiger partial charge is 0.367 e. The van der Waals surface area contributed by atoms with Crippen molar-refractivity contribution in [2.45, 2.75) is 6.92 Å². The number of hydrogen-bond donors (Lipinski definition) is 0. The molecule has 2 heterocycles. The van der Waals surface area contributed by atoms with Gasteiger partial charge >= 0.3 is 0 Å². The maximum Gasteiger partial charge on any atom is 0.254 e. The fraction of sp³-hybridized carbons (Fsp3) is 0.185. The number of anilines is 1. The molecule has 4 nitrogen and oxygen atoms in total. The maximum absolute atomic E-state index is 13.7. The Kier molecular flexibility index (Phi) is 5.73. The number of carbonyl (C=O) groups is 1. The van der Waals surface area contributed by atoms with Gasteiger partial charge in [-0.2, -0.15) is 0 Å². The number of benzene rings is 3. The molecule has 0 aliphatic carbocycles. The molecule has 0 N–H and O–H groups in total. The Morgan fingerprint density at radius 2 is 1.67 bits per heavy atom. The minimum absolute atomic E-state index is 0.0184. The van der Waals surface area contributed by atoms with E-state index in [4.69, 9.17) is 16.6 Å². The molecule has 0 unspecified atom stereocenters. The highest BCUT2D eigenvalue weighted by molar-refractivity contribution is 6.33. The topological polar surface area (TPSA) is 36.4 Å². The molecule has 1 aromatic heterocycles. The number of aromatic nitrogens is 1. The van der Waals surface area contributed by atoms with Gasteiger partial charge in [0.25, 0.3) is 5.91 Å². The molecule has 0 radical (unpaired) electrons. The van der Waals surface area contributed by atoms with Crippen molar-refractivity contribution < 1.29 is 9.18 Å². The Bertz CT molecular complexity index is 1330. The van der Waals surface area contributed by atoms with Crippen molar-refractivity contribution in [1.29, 1.82) is 0 Å². The summed E-state index contributed by atoms with van der Waals surface area (Å²) in [5, 5.41) is 1.55. The van der Waals surface area contributed by atoms with E-state index in [-0.39, 0.29) is 11.7 Å². The summed E-state index contributed by atoms with van der Waals surface area (Å²) in [5.41, 5.74) is 4.86. The lowest BCUT2D eigenvalue weighted by atomic mass is 10.0. The number of carbonyl (C=O) groups excluding carboxylic acids is 1. The first-order chi connectivity index (χ1) is 16.0. The number of rotatable bonds is 3. The summed E-state index contributed by atoms with van der Waals surface area (Å²) in [4.78, 5) is 22.5. The Hall–Kier alpha value is -3.44. The number of piperazine rings is 1. The van der Waals surface area contributed by atoms with Crippen LogP contribution < -0.4 is 4.90 Å². The van der Waals surface area contributed by atoms with Crippen molar-refractivity contribution in [3.63, 3.8) is 0 Å². The molecule has 0 spiro atoms. The summed E-state index contributed by atoms with van der Waals surface area (Å²) in [6.07, 6.45) is 0. The van der Waals surface area contributed by atoms with Gasteiger partial charge in [0.2, 0.25) is 0 Å². The third-order valence-electron chi connectivity index (χ3n) is 6.09. The van der Waals surface area contributed by atoms with Gasteiger partial charge in [-0.05, 0) is 61.5 Å². The highest BCUT2D eigenvalue weighted by Gasteiger charge is 2.25. The molecule has 3 aromatic carbocycles. The van der Waals surface area contributed by atoms with Crippen LogP contribution in [-0.2, 0) is 0 Å². The van der Waals surface area contributed by atoms with E-state index < -0.39 is 0 Å². The van der Waals surface area contributed by atoms with Crippen LogP contribution in [0.3, 0.4) is 0 Å². The second-order valence-corrected chi connectivity index (χ2v) is 8.72. The molecule has 0 saturated carbocycles. The van der Waals surface area contributed by atoms with Crippen LogP contribution in [0.5, 0.6) is 0 Å². The summed E-state index contributed by atoms with van der Waals surface area (Å²) in [7, 11) is 0. The van der Waals surface area contributed by atoms with E-state index in [0.717, 1.165) is 32.7 Å². The van der Waals surface area contributed by atoms with E-state index in [1.54, 1.807) is 12.1 Å². The zero-order chi connectivity index (χ0) is 22.9. The van der Waals surface area contributed by atoms with Crippen LogP contribution in [0.1, 0.15) is 15.9 Å². The molecular weight excluding hydrogens is 437 g/mol. The highest BCUT2D eigenvalue weighted by atomic mass is 35.5. The van der Waals surface area contributed by atoms with Crippen LogP contribution in [-0.4, -0.2) is 42.0 Å². The molecule has 6 heteroatoms. The van der Waals surface area contributed by atoms with Gasteiger partial charge in [0.15, 0.2) is 0 Å². The first-order valence-electron chi connectivity index (χ1n) is 11.0. The molecule has 0 bridgehead atoms. The third kappa shape index (κ3) is 4.29. The highest BCUT2D eigenvalue weighted by Crippen LogP contribution is 2.29. The number of aryl methyl sites for hydroxylation is 1. The Balaban J connectivity index is 1.47. The molecule has 1 fully saturated rings. The van der Waals surface area contributed by atoms with Crippen LogP contribution >= 0.6 is 11.6 Å². The van der Waals surface area contributed by atoms with Gasteiger partial charge in [0.05, 0.1) is 27.5 Å². The Morgan fingerprint density at radius 1 is 0.939 bits per heavy atom. The van der Waals surface area contributed by atoms with Gasteiger partial charge < -0.3 is 9.80 Å². The molecule has 4 aromatic rings. The molecule has 1 aliphatic heterocycles. The third-order valence-corrected chi connectivity index (χ3v) is 6.41. The summed E-state index contributed by atoms with van der Waals surface area (Å²) in [6, 6.07) is 21.7. The van der Waals surface area contributed by atoms with Crippen LogP contribution in [0, 0.1) is 12.7 Å². The molecule has 5 rings (SSSR count). The first-order valence-corrected chi connectivity index (χ1v) is 11.3. The van der Waals surface area contributed by atoms with Crippen LogP contribution in [0.25, 0.3) is 22.2 Å². The fourth-order valence-electron chi connectivity index (χ4n) is 4.31. The lowest BCUT2D eigenvalue weighted by Crippen LogP contribution is -2.49. The normalized spacial score (nSPS) is 14.0. The van der Waals surface area contributed by atoms with Gasteiger partial charge in [-0.15, -0.1) is 0 Å². The predicted molar refractivity (Wildman–Crippen MR) is 131 cm³/mol. The van der Waals surface area contributed by atoms with Crippen molar-refractivity contribution >= 4 is 34.1 Å². The molecular formula is C27H23ClFN3O. The van der Waals surface area contributed by atoms with E-state index >= 15 is 0 Å². The van der Waals surface area contributed by atoms with Gasteiger partial charge in [0, 0.05) is 37.1 Å². The number of halogens is 2. The molecule has 1 saturated heterocycles. The number of hydrogen-bond acceptors (Lipinski definition) is 3. The smallest absolute Gasteiger partial charge is 0.254 e. The molecule has 1 aliphatic rings. The number of fused-ring (bicyclic) bond motifs is 1. The van der Waals surface area contributed by atoms with Crippen molar-refractivity contribution in [1.82, 2.24) is 9.88 Å². The number of nitrogens with zero attached hydrogens (tertiary/aromatic N) is 3. The zero-order valence-corrected chi connectivity index (χ0v) is 19.0. The fourth-order valence-corrected chi connectivity index (χ4v) is 4.57. The Morgan fingerprint density at radius 3 is 2.39 bits per heavy atom. The molecule has 33 heavy (non-hydrogen) atoms. The van der Waals surface area contributed by atoms with E-state index in [1.165, 1.54) is 12.1 Å². The zero-order valence-electron chi connectivity index (χ0n) is 18.3. The molecule has 0 atom stereocenters. The van der Waals surface area contributed by atoms with E-state index in [9.17, 15) is 9.18 Å². The van der Waals surface area contributed by atoms with Gasteiger partial charge in [-0.1, -0.05) is 35.4 Å². The summed E-state index contributed by atoms with van der Waals surface area (Å²) in [6.45, 7) is 4.63. The van der Waals surface area contributed by atoms with Gasteiger partial charge in [-0.25, -0.2) is 9.37 Å². The minimum atomic E-state index is -0.303. The standard InChI is InChI=1S/C27H23ClFN3O/c1-18-6-11-24-21(16-18)22(17-25(30-24)19-7-9-20(29)10-8-19)27(33)32-14-12-31(13-15-32)26-5-3-2-4-23(26)28/h2-11,16-17H,12-15H2,1H3. The predicted octanol–water partition coefficient (Wildman–Crippen LogP) is 5.97. The SMILES string of the molecule is Cc1ccc2nc(-c3ccc(F)cc3)cc(C(=O)N3CCN(c4ccccc4Cl)CC3)c2c1. The van der Waals surface area contributed by atoms with Gasteiger partial charge in [-0.3, -0.25) is 4.79 Å². The second-order valence-electron chi connectivity index (χ2n) is 8.31. The summed E-state index contributed by atoms with van der Waals surface area (Å²) < 4.78 is 13.4. The van der Waals surface area contributed by atoms with Crippen molar-refractivity contribution in [2.24, 2.45) is 0 Å². The van der Waals surface area contributed by atoms with E-state index in [0.29, 0.717) is 37.4 Å². The number of para-hydroxylation sites is 1. The number of pyridine rings is 1. The summed E-state index contributed by atoms with van der Waals surface area (Å²) >= 11 is 6.37. The lowest BCUT2D eigenvalue weighted by Gasteiger charge is -2.36. The van der Waals surface area contributed by atoms with Crippen LogP contribution in [0.15, 0.2) is 72.8 Å². The van der Waals surface area contributed by atoms with E-state index in [2.05, 4.69) is 4.90 Å². The molecule has 1 amide bonds. The monoisotopic (exact) mass is 459 g/mol. The average Bonchev–Trinajstić information content (AvgIpc) is 2.84. The first kappa shape index (κ1) is 21.4. The minimum Gasteiger partial charge on any atom is -0.367 e. The van der Waals surface area contributed by atoms with E-state index in [1.807, 2.05) is 60.4 Å². The van der Waals surface area contributed by atoms with Gasteiger partial charge in [0.1, 0.15) is 5.82 Å². The van der Waals surface area contributed by atoms with Crippen molar-refractivity contribution in [3.05, 3.63) is 94.8 Å². The summed E-state index contributed by atoms with van der Waals surface area (Å²) in [5.74, 6) is -0.321.